The van der Waals surface area contributed by atoms with Crippen molar-refractivity contribution in [1.29, 1.82) is 0 Å². The number of likely N-dealkylation sites (tertiary alicyclic amines) is 1. The molecular formula is C11H21N3O. The standard InChI is InChI=1S/C11H21N3O/c1-8-3-11(15)14(6-8)7-10-5-12-9(2)4-13-10/h8-10,12-13H,3-7H2,1-2H3/t8-,9-,10+/m1/s1. The third-order valence-electron chi connectivity index (χ3n) is 3.27. The second-order valence-corrected chi connectivity index (χ2v) is 5.02. The Morgan fingerprint density at radius 3 is 2.67 bits per heavy atom. The number of hydrogen-bond donors (Lipinski definition) is 2. The molecule has 0 aromatic heterocycles. The number of rotatable bonds is 2. The second kappa shape index (κ2) is 4.49. The molecule has 3 atom stereocenters. The molecule has 0 aromatic carbocycles. The molecule has 0 unspecified atom stereocenters. The van der Waals surface area contributed by atoms with Gasteiger partial charge in [0.25, 0.3) is 0 Å². The maximum atomic E-state index is 11.6. The van der Waals surface area contributed by atoms with E-state index in [-0.39, 0.29) is 0 Å². The molecule has 2 N–H and O–H groups in total. The van der Waals surface area contributed by atoms with Gasteiger partial charge in [0.15, 0.2) is 0 Å². The van der Waals surface area contributed by atoms with E-state index in [1.807, 2.05) is 4.90 Å². The van der Waals surface area contributed by atoms with Crippen molar-refractivity contribution in [2.24, 2.45) is 5.92 Å². The van der Waals surface area contributed by atoms with Crippen LogP contribution in [0.3, 0.4) is 0 Å². The van der Waals surface area contributed by atoms with E-state index < -0.39 is 0 Å². The van der Waals surface area contributed by atoms with Crippen LogP contribution in [0.1, 0.15) is 20.3 Å². The smallest absolute Gasteiger partial charge is 0.222 e. The lowest BCUT2D eigenvalue weighted by atomic mass is 10.1. The Morgan fingerprint density at radius 2 is 2.13 bits per heavy atom. The molecule has 0 saturated carbocycles. The lowest BCUT2D eigenvalue weighted by molar-refractivity contribution is -0.128. The van der Waals surface area contributed by atoms with Gasteiger partial charge in [-0.05, 0) is 12.8 Å². The van der Waals surface area contributed by atoms with E-state index in [9.17, 15) is 4.79 Å². The molecule has 86 valence electrons. The summed E-state index contributed by atoms with van der Waals surface area (Å²) in [4.78, 5) is 13.6. The van der Waals surface area contributed by atoms with Crippen LogP contribution in [0.15, 0.2) is 0 Å². The van der Waals surface area contributed by atoms with Crippen molar-refractivity contribution in [3.63, 3.8) is 0 Å². The molecule has 2 saturated heterocycles. The first-order valence-electron chi connectivity index (χ1n) is 5.89. The van der Waals surface area contributed by atoms with E-state index in [0.717, 1.165) is 32.6 Å². The highest BCUT2D eigenvalue weighted by Crippen LogP contribution is 2.16. The van der Waals surface area contributed by atoms with Crippen LogP contribution in [0.4, 0.5) is 0 Å². The highest BCUT2D eigenvalue weighted by molar-refractivity contribution is 5.78. The summed E-state index contributed by atoms with van der Waals surface area (Å²) in [5, 5.41) is 6.91. The zero-order valence-electron chi connectivity index (χ0n) is 9.62. The Balaban J connectivity index is 1.79. The molecule has 2 heterocycles. The molecule has 4 heteroatoms. The average molecular weight is 211 g/mol. The van der Waals surface area contributed by atoms with Crippen LogP contribution >= 0.6 is 0 Å². The van der Waals surface area contributed by atoms with Crippen LogP contribution in [0, 0.1) is 5.92 Å². The molecule has 0 spiro atoms. The molecule has 1 amide bonds. The molecule has 4 nitrogen and oxygen atoms in total. The van der Waals surface area contributed by atoms with Gasteiger partial charge in [0.05, 0.1) is 0 Å². The number of amides is 1. The molecule has 2 fully saturated rings. The Labute approximate surface area is 91.4 Å². The predicted octanol–water partition coefficient (Wildman–Crippen LogP) is -0.195. The number of hydrogen-bond acceptors (Lipinski definition) is 3. The summed E-state index contributed by atoms with van der Waals surface area (Å²) in [6, 6.07) is 0.977. The molecule has 2 rings (SSSR count). The average Bonchev–Trinajstić information content (AvgIpc) is 2.49. The minimum absolute atomic E-state index is 0.322. The fourth-order valence-electron chi connectivity index (χ4n) is 2.37. The summed E-state index contributed by atoms with van der Waals surface area (Å²) < 4.78 is 0. The van der Waals surface area contributed by atoms with Gasteiger partial charge in [-0.15, -0.1) is 0 Å². The summed E-state index contributed by atoms with van der Waals surface area (Å²) in [5.41, 5.74) is 0. The van der Waals surface area contributed by atoms with E-state index in [1.165, 1.54) is 0 Å². The van der Waals surface area contributed by atoms with Gasteiger partial charge in [-0.25, -0.2) is 0 Å². The lowest BCUT2D eigenvalue weighted by Gasteiger charge is -2.32. The minimum Gasteiger partial charge on any atom is -0.341 e. The molecule has 0 radical (unpaired) electrons. The maximum absolute atomic E-state index is 11.6. The van der Waals surface area contributed by atoms with E-state index in [2.05, 4.69) is 24.5 Å². The molecule has 15 heavy (non-hydrogen) atoms. The number of carbonyl (C=O) groups is 1. The van der Waals surface area contributed by atoms with E-state index in [1.54, 1.807) is 0 Å². The fraction of sp³-hybridized carbons (Fsp3) is 0.909. The maximum Gasteiger partial charge on any atom is 0.222 e. The summed E-state index contributed by atoms with van der Waals surface area (Å²) in [6.45, 7) is 8.09. The van der Waals surface area contributed by atoms with Crippen LogP contribution < -0.4 is 10.6 Å². The molecule has 2 aliphatic heterocycles. The number of carbonyl (C=O) groups excluding carboxylic acids is 1. The third-order valence-corrected chi connectivity index (χ3v) is 3.27. The van der Waals surface area contributed by atoms with Crippen molar-refractivity contribution in [3.8, 4) is 0 Å². The highest BCUT2D eigenvalue weighted by atomic mass is 16.2. The predicted molar refractivity (Wildman–Crippen MR) is 59.6 cm³/mol. The van der Waals surface area contributed by atoms with Crippen LogP contribution in [0.2, 0.25) is 0 Å². The van der Waals surface area contributed by atoms with Gasteiger partial charge in [0.2, 0.25) is 5.91 Å². The van der Waals surface area contributed by atoms with Gasteiger partial charge >= 0.3 is 0 Å². The Morgan fingerprint density at radius 1 is 1.33 bits per heavy atom. The van der Waals surface area contributed by atoms with Gasteiger partial charge in [-0.1, -0.05) is 6.92 Å². The molecule has 0 aliphatic carbocycles. The SMILES string of the molecule is C[C@@H]1CC(=O)N(C[C@@H]2CN[C@H](C)CN2)C1. The zero-order chi connectivity index (χ0) is 10.8. The molecule has 0 aromatic rings. The number of piperazine rings is 1. The number of nitrogens with zero attached hydrogens (tertiary/aromatic N) is 1. The first kappa shape index (κ1) is 10.9. The molecule has 2 aliphatic rings. The first-order valence-corrected chi connectivity index (χ1v) is 5.89. The third kappa shape index (κ3) is 2.69. The van der Waals surface area contributed by atoms with Crippen LogP contribution in [-0.2, 0) is 4.79 Å². The van der Waals surface area contributed by atoms with Gasteiger partial charge < -0.3 is 15.5 Å². The Kier molecular flexibility index (Phi) is 3.26. The van der Waals surface area contributed by atoms with Gasteiger partial charge in [-0.2, -0.15) is 0 Å². The summed E-state index contributed by atoms with van der Waals surface area (Å²) in [5.74, 6) is 0.857. The summed E-state index contributed by atoms with van der Waals surface area (Å²) in [7, 11) is 0. The molecule has 0 bridgehead atoms. The largest absolute Gasteiger partial charge is 0.341 e. The monoisotopic (exact) mass is 211 g/mol. The fourth-order valence-corrected chi connectivity index (χ4v) is 2.37. The normalized spacial score (nSPS) is 37.3. The van der Waals surface area contributed by atoms with Gasteiger partial charge in [0.1, 0.15) is 0 Å². The minimum atomic E-state index is 0.322. The van der Waals surface area contributed by atoms with Crippen molar-refractivity contribution in [2.75, 3.05) is 26.2 Å². The first-order chi connectivity index (χ1) is 7.15. The van der Waals surface area contributed by atoms with Crippen molar-refractivity contribution in [1.82, 2.24) is 15.5 Å². The van der Waals surface area contributed by atoms with Crippen molar-refractivity contribution in [3.05, 3.63) is 0 Å². The lowest BCUT2D eigenvalue weighted by Crippen LogP contribution is -2.57. The van der Waals surface area contributed by atoms with Crippen LogP contribution in [0.5, 0.6) is 0 Å². The van der Waals surface area contributed by atoms with Crippen molar-refractivity contribution >= 4 is 5.91 Å². The second-order valence-electron chi connectivity index (χ2n) is 5.02. The van der Waals surface area contributed by atoms with Crippen LogP contribution in [-0.4, -0.2) is 49.1 Å². The Hall–Kier alpha value is -0.610. The van der Waals surface area contributed by atoms with Gasteiger partial charge in [0, 0.05) is 44.7 Å². The highest BCUT2D eigenvalue weighted by Gasteiger charge is 2.29. The van der Waals surface area contributed by atoms with Gasteiger partial charge in [-0.3, -0.25) is 4.79 Å². The summed E-state index contributed by atoms with van der Waals surface area (Å²) >= 11 is 0. The molecular weight excluding hydrogens is 190 g/mol. The van der Waals surface area contributed by atoms with Crippen molar-refractivity contribution in [2.45, 2.75) is 32.4 Å². The van der Waals surface area contributed by atoms with E-state index in [0.29, 0.717) is 23.9 Å². The topological polar surface area (TPSA) is 44.4 Å². The quantitative estimate of drug-likeness (QED) is 0.665. The number of nitrogens with one attached hydrogen (secondary N) is 2. The van der Waals surface area contributed by atoms with E-state index >= 15 is 0 Å². The van der Waals surface area contributed by atoms with E-state index in [4.69, 9.17) is 0 Å². The van der Waals surface area contributed by atoms with Crippen LogP contribution in [0.25, 0.3) is 0 Å². The Bertz CT molecular complexity index is 236. The summed E-state index contributed by atoms with van der Waals surface area (Å²) in [6.07, 6.45) is 0.733. The van der Waals surface area contributed by atoms with Crippen molar-refractivity contribution < 1.29 is 4.79 Å². The zero-order valence-corrected chi connectivity index (χ0v) is 9.62.